The molecular weight excluding hydrogens is 294 g/mol. The van der Waals surface area contributed by atoms with Crippen LogP contribution >= 0.6 is 11.6 Å². The third-order valence-corrected chi connectivity index (χ3v) is 5.28. The van der Waals surface area contributed by atoms with Gasteiger partial charge in [0.25, 0.3) is 0 Å². The lowest BCUT2D eigenvalue weighted by molar-refractivity contribution is -0.124. The van der Waals surface area contributed by atoms with E-state index in [2.05, 4.69) is 11.1 Å². The molecule has 3 heteroatoms. The van der Waals surface area contributed by atoms with Crippen molar-refractivity contribution in [2.75, 3.05) is 0 Å². The Balaban J connectivity index is 1.77. The van der Waals surface area contributed by atoms with Crippen LogP contribution in [0.1, 0.15) is 36.3 Å². The minimum Gasteiger partial charge on any atom is -0.298 e. The van der Waals surface area contributed by atoms with E-state index in [1.165, 1.54) is 0 Å². The molecule has 2 nitrogen and oxygen atoms in total. The van der Waals surface area contributed by atoms with E-state index in [4.69, 9.17) is 11.6 Å². The maximum Gasteiger partial charge on any atom is 0.148 e. The van der Waals surface area contributed by atoms with E-state index in [1.54, 1.807) is 0 Å². The number of benzene rings is 2. The summed E-state index contributed by atoms with van der Waals surface area (Å²) < 4.78 is 0. The first-order valence-electron chi connectivity index (χ1n) is 7.63. The van der Waals surface area contributed by atoms with Gasteiger partial charge in [-0.2, -0.15) is 0 Å². The molecule has 110 valence electrons. The summed E-state index contributed by atoms with van der Waals surface area (Å²) in [5, 5.41) is 0.792. The summed E-state index contributed by atoms with van der Waals surface area (Å²) in [4.78, 5) is 17.2. The number of para-hydroxylation sites is 1. The number of fused-ring (bicyclic) bond motifs is 2. The van der Waals surface area contributed by atoms with Crippen LogP contribution in [-0.2, 0) is 10.2 Å². The molecule has 2 unspecified atom stereocenters. The Labute approximate surface area is 134 Å². The second kappa shape index (κ2) is 5.06. The van der Waals surface area contributed by atoms with Crippen LogP contribution in [0, 0.1) is 0 Å². The van der Waals surface area contributed by atoms with Crippen LogP contribution in [0.3, 0.4) is 0 Å². The van der Waals surface area contributed by atoms with Crippen LogP contribution in [0.5, 0.6) is 0 Å². The smallest absolute Gasteiger partial charge is 0.148 e. The zero-order valence-corrected chi connectivity index (χ0v) is 12.9. The number of hydrogen-bond acceptors (Lipinski definition) is 2. The average molecular weight is 310 g/mol. The highest BCUT2D eigenvalue weighted by Crippen LogP contribution is 2.49. The quantitative estimate of drug-likeness (QED) is 0.742. The minimum atomic E-state index is -0.557. The van der Waals surface area contributed by atoms with Crippen LogP contribution in [0.4, 0.5) is 5.69 Å². The largest absolute Gasteiger partial charge is 0.298 e. The van der Waals surface area contributed by atoms with Gasteiger partial charge in [0.05, 0.1) is 11.1 Å². The van der Waals surface area contributed by atoms with Crippen LogP contribution in [0.25, 0.3) is 0 Å². The van der Waals surface area contributed by atoms with Gasteiger partial charge in [0.2, 0.25) is 0 Å². The molecule has 0 amide bonds. The first kappa shape index (κ1) is 13.7. The number of aliphatic imine (C=N–C) groups is 1. The first-order valence-corrected chi connectivity index (χ1v) is 8.01. The van der Waals surface area contributed by atoms with Crippen LogP contribution in [0.15, 0.2) is 53.5 Å². The number of rotatable bonds is 1. The lowest BCUT2D eigenvalue weighted by Gasteiger charge is -2.36. The predicted octanol–water partition coefficient (Wildman–Crippen LogP) is 4.83. The Hall–Kier alpha value is -1.93. The lowest BCUT2D eigenvalue weighted by atomic mass is 9.65. The zero-order valence-electron chi connectivity index (χ0n) is 12.1. The fraction of sp³-hybridized carbons (Fsp3) is 0.263. The lowest BCUT2D eigenvalue weighted by Crippen LogP contribution is -2.41. The van der Waals surface area contributed by atoms with Crippen molar-refractivity contribution in [3.63, 3.8) is 0 Å². The third-order valence-electron chi connectivity index (χ3n) is 4.94. The van der Waals surface area contributed by atoms with E-state index in [0.717, 1.165) is 34.7 Å². The maximum atomic E-state index is 12.7. The van der Waals surface area contributed by atoms with E-state index in [0.29, 0.717) is 12.3 Å². The summed E-state index contributed by atoms with van der Waals surface area (Å²) >= 11 is 6.37. The van der Waals surface area contributed by atoms with Gasteiger partial charge >= 0.3 is 0 Å². The molecule has 1 spiro atoms. The van der Waals surface area contributed by atoms with Gasteiger partial charge in [-0.25, -0.2) is 0 Å². The molecule has 4 rings (SSSR count). The summed E-state index contributed by atoms with van der Waals surface area (Å²) in [6.45, 7) is 0. The van der Waals surface area contributed by atoms with Gasteiger partial charge in [0.1, 0.15) is 5.78 Å². The molecule has 0 radical (unpaired) electrons. The van der Waals surface area contributed by atoms with Crippen LogP contribution in [0.2, 0.25) is 5.02 Å². The van der Waals surface area contributed by atoms with Crippen molar-refractivity contribution in [2.24, 2.45) is 4.99 Å². The second-order valence-electron chi connectivity index (χ2n) is 6.13. The topological polar surface area (TPSA) is 29.4 Å². The van der Waals surface area contributed by atoms with Crippen molar-refractivity contribution in [3.05, 3.63) is 64.7 Å². The summed E-state index contributed by atoms with van der Waals surface area (Å²) in [6, 6.07) is 15.9. The Morgan fingerprint density at radius 1 is 1.09 bits per heavy atom. The molecule has 0 N–H and O–H groups in total. The van der Waals surface area contributed by atoms with Gasteiger partial charge in [-0.05, 0) is 42.0 Å². The van der Waals surface area contributed by atoms with E-state index in [-0.39, 0.29) is 5.78 Å². The predicted molar refractivity (Wildman–Crippen MR) is 89.3 cm³/mol. The molecule has 0 aromatic heterocycles. The molecule has 0 bridgehead atoms. The van der Waals surface area contributed by atoms with E-state index in [9.17, 15) is 4.79 Å². The van der Waals surface area contributed by atoms with Crippen molar-refractivity contribution >= 4 is 29.3 Å². The Morgan fingerprint density at radius 2 is 1.86 bits per heavy atom. The van der Waals surface area contributed by atoms with Gasteiger partial charge in [-0.15, -0.1) is 0 Å². The highest BCUT2D eigenvalue weighted by Gasteiger charge is 2.47. The number of hydrogen-bond donors (Lipinski definition) is 0. The van der Waals surface area contributed by atoms with E-state index >= 15 is 0 Å². The first-order chi connectivity index (χ1) is 10.7. The molecule has 0 saturated heterocycles. The molecule has 2 aliphatic rings. The second-order valence-corrected chi connectivity index (χ2v) is 6.54. The van der Waals surface area contributed by atoms with E-state index < -0.39 is 5.41 Å². The molecular formula is C19H16ClNO. The normalized spacial score (nSPS) is 26.4. The SMILES string of the molecule is O=C1CCC(c2ccccc2Cl)CC12C=Nc1ccccc12. The van der Waals surface area contributed by atoms with Crippen molar-refractivity contribution in [1.29, 1.82) is 0 Å². The van der Waals surface area contributed by atoms with Gasteiger partial charge in [0.15, 0.2) is 0 Å². The summed E-state index contributed by atoms with van der Waals surface area (Å²) in [6.07, 6.45) is 4.07. The van der Waals surface area contributed by atoms with Gasteiger partial charge in [-0.1, -0.05) is 48.0 Å². The van der Waals surface area contributed by atoms with Crippen LogP contribution in [-0.4, -0.2) is 12.0 Å². The van der Waals surface area contributed by atoms with Crippen molar-refractivity contribution in [2.45, 2.75) is 30.6 Å². The molecule has 2 atom stereocenters. The maximum absolute atomic E-state index is 12.7. The molecule has 1 aliphatic carbocycles. The number of halogens is 1. The fourth-order valence-electron chi connectivity index (χ4n) is 3.80. The molecule has 1 fully saturated rings. The van der Waals surface area contributed by atoms with Crippen LogP contribution < -0.4 is 0 Å². The van der Waals surface area contributed by atoms with Gasteiger partial charge in [-0.3, -0.25) is 9.79 Å². The monoisotopic (exact) mass is 309 g/mol. The molecule has 1 heterocycles. The van der Waals surface area contributed by atoms with Crippen molar-refractivity contribution in [3.8, 4) is 0 Å². The molecule has 1 saturated carbocycles. The molecule has 22 heavy (non-hydrogen) atoms. The molecule has 2 aromatic carbocycles. The highest BCUT2D eigenvalue weighted by atomic mass is 35.5. The number of carbonyl (C=O) groups excluding carboxylic acids is 1. The third kappa shape index (κ3) is 1.94. The summed E-state index contributed by atoms with van der Waals surface area (Å²) in [5.74, 6) is 0.577. The highest BCUT2D eigenvalue weighted by molar-refractivity contribution is 6.31. The number of ketones is 1. The van der Waals surface area contributed by atoms with E-state index in [1.807, 2.05) is 48.7 Å². The average Bonchev–Trinajstić information content (AvgIpc) is 2.91. The Bertz CT molecular complexity index is 783. The fourth-order valence-corrected chi connectivity index (χ4v) is 4.09. The van der Waals surface area contributed by atoms with Gasteiger partial charge < -0.3 is 0 Å². The van der Waals surface area contributed by atoms with Gasteiger partial charge in [0, 0.05) is 17.7 Å². The number of carbonyl (C=O) groups is 1. The summed E-state index contributed by atoms with van der Waals surface area (Å²) in [5.41, 5.74) is 2.57. The number of nitrogens with zero attached hydrogens (tertiary/aromatic N) is 1. The zero-order chi connectivity index (χ0) is 15.2. The standard InChI is InChI=1S/C19H16ClNO/c20-16-7-3-1-5-14(16)13-9-10-18(22)19(11-13)12-21-17-8-4-2-6-15(17)19/h1-8,12-13H,9-11H2. The Kier molecular flexibility index (Phi) is 3.16. The molecule has 2 aromatic rings. The molecule has 1 aliphatic heterocycles. The Morgan fingerprint density at radius 3 is 2.73 bits per heavy atom. The van der Waals surface area contributed by atoms with Crippen molar-refractivity contribution in [1.82, 2.24) is 0 Å². The van der Waals surface area contributed by atoms with Crippen molar-refractivity contribution < 1.29 is 4.79 Å². The summed E-state index contributed by atoms with van der Waals surface area (Å²) in [7, 11) is 0. The minimum absolute atomic E-state index is 0.282. The number of Topliss-reactive ketones (excluding diaryl/α,β-unsaturated/α-hetero) is 1.